The van der Waals surface area contributed by atoms with Gasteiger partial charge in [-0.05, 0) is 18.6 Å². The van der Waals surface area contributed by atoms with Gasteiger partial charge in [0.2, 0.25) is 0 Å². The van der Waals surface area contributed by atoms with Gasteiger partial charge in [-0.15, -0.1) is 0 Å². The number of β-amino-alcohol motifs (C(OH)–C–C–N with tert-alkyl or cyclic N) is 1. The summed E-state index contributed by atoms with van der Waals surface area (Å²) in [5.74, 6) is -2.38. The molecule has 1 fully saturated rings. The minimum Gasteiger partial charge on any atom is -0.481 e. The molecule has 1 heterocycles. The highest BCUT2D eigenvalue weighted by molar-refractivity contribution is 6.45. The molecule has 0 radical (unpaired) electrons. The average Bonchev–Trinajstić information content (AvgIpc) is 2.41. The molecule has 0 unspecified atom stereocenters. The minimum atomic E-state index is -1.12. The van der Waals surface area contributed by atoms with Crippen LogP contribution >= 0.6 is 34.8 Å². The number of carboxylic acids is 1. The molecular weight excluding hydrogens is 341 g/mol. The summed E-state index contributed by atoms with van der Waals surface area (Å²) in [5, 5.41) is 19.3. The van der Waals surface area contributed by atoms with Gasteiger partial charge in [0.15, 0.2) is 0 Å². The number of carboxylic acid groups (broad SMARTS) is 1. The Labute approximate surface area is 136 Å². The lowest BCUT2D eigenvalue weighted by atomic mass is 9.93. The van der Waals surface area contributed by atoms with Gasteiger partial charge < -0.3 is 15.1 Å². The molecule has 0 spiro atoms. The molecule has 8 heteroatoms. The zero-order valence-electron chi connectivity index (χ0n) is 10.7. The molecule has 5 nitrogen and oxygen atoms in total. The van der Waals surface area contributed by atoms with Gasteiger partial charge in [0, 0.05) is 18.1 Å². The molecule has 0 aliphatic carbocycles. The monoisotopic (exact) mass is 351 g/mol. The molecule has 21 heavy (non-hydrogen) atoms. The minimum absolute atomic E-state index is 0.0732. The van der Waals surface area contributed by atoms with Crippen LogP contribution in [0.25, 0.3) is 0 Å². The number of nitrogens with zero attached hydrogens (tertiary/aromatic N) is 1. The maximum atomic E-state index is 12.4. The topological polar surface area (TPSA) is 77.8 Å². The van der Waals surface area contributed by atoms with Crippen molar-refractivity contribution in [2.75, 3.05) is 13.1 Å². The third-order valence-corrected chi connectivity index (χ3v) is 4.43. The zero-order chi connectivity index (χ0) is 15.7. The average molecular weight is 353 g/mol. The van der Waals surface area contributed by atoms with Crippen LogP contribution < -0.4 is 0 Å². The Kier molecular flexibility index (Phi) is 4.99. The van der Waals surface area contributed by atoms with Crippen LogP contribution in [0.15, 0.2) is 12.1 Å². The number of benzene rings is 1. The summed E-state index contributed by atoms with van der Waals surface area (Å²) in [6.45, 7) is 0.142. The van der Waals surface area contributed by atoms with Crippen molar-refractivity contribution in [1.29, 1.82) is 0 Å². The van der Waals surface area contributed by atoms with E-state index in [9.17, 15) is 14.7 Å². The lowest BCUT2D eigenvalue weighted by Crippen LogP contribution is -2.48. The van der Waals surface area contributed by atoms with Crippen LogP contribution in [-0.2, 0) is 4.79 Å². The van der Waals surface area contributed by atoms with Gasteiger partial charge in [-0.3, -0.25) is 9.59 Å². The highest BCUT2D eigenvalue weighted by Crippen LogP contribution is 2.31. The van der Waals surface area contributed by atoms with E-state index in [0.29, 0.717) is 0 Å². The van der Waals surface area contributed by atoms with Crippen LogP contribution in [0.2, 0.25) is 15.1 Å². The second-order valence-corrected chi connectivity index (χ2v) is 6.02. The summed E-state index contributed by atoms with van der Waals surface area (Å²) in [4.78, 5) is 24.7. The van der Waals surface area contributed by atoms with Crippen molar-refractivity contribution in [3.8, 4) is 0 Å². The summed E-state index contributed by atoms with van der Waals surface area (Å²) in [6, 6.07) is 2.82. The summed E-state index contributed by atoms with van der Waals surface area (Å²) in [6.07, 6.45) is -0.942. The van der Waals surface area contributed by atoms with E-state index in [1.807, 2.05) is 0 Å². The Morgan fingerprint density at radius 3 is 2.48 bits per heavy atom. The summed E-state index contributed by atoms with van der Waals surface area (Å²) < 4.78 is 0. The third kappa shape index (κ3) is 3.43. The molecule has 1 aromatic rings. The van der Waals surface area contributed by atoms with E-state index in [-0.39, 0.29) is 40.1 Å². The Balaban J connectivity index is 2.21. The number of halogens is 3. The first-order valence-electron chi connectivity index (χ1n) is 6.16. The molecule has 2 atom stereocenters. The molecule has 1 aliphatic rings. The number of piperidine rings is 1. The molecule has 1 saturated heterocycles. The fourth-order valence-corrected chi connectivity index (χ4v) is 2.97. The maximum absolute atomic E-state index is 12.4. The van der Waals surface area contributed by atoms with E-state index in [0.717, 1.165) is 0 Å². The summed E-state index contributed by atoms with van der Waals surface area (Å²) in [5.41, 5.74) is 0.134. The van der Waals surface area contributed by atoms with Crippen molar-refractivity contribution in [2.45, 2.75) is 12.5 Å². The van der Waals surface area contributed by atoms with Gasteiger partial charge in [-0.1, -0.05) is 34.8 Å². The van der Waals surface area contributed by atoms with E-state index in [1.54, 1.807) is 0 Å². The van der Waals surface area contributed by atoms with Crippen molar-refractivity contribution in [3.05, 3.63) is 32.8 Å². The number of aliphatic hydroxyl groups excluding tert-OH is 1. The molecule has 1 aliphatic heterocycles. The quantitative estimate of drug-likeness (QED) is 0.802. The molecule has 1 aromatic carbocycles. The zero-order valence-corrected chi connectivity index (χ0v) is 13.0. The van der Waals surface area contributed by atoms with E-state index >= 15 is 0 Å². The van der Waals surface area contributed by atoms with Crippen molar-refractivity contribution in [3.63, 3.8) is 0 Å². The Morgan fingerprint density at radius 1 is 1.24 bits per heavy atom. The predicted molar refractivity (Wildman–Crippen MR) is 79.1 cm³/mol. The Bertz CT molecular complexity index is 593. The van der Waals surface area contributed by atoms with Crippen LogP contribution in [0.3, 0.4) is 0 Å². The van der Waals surface area contributed by atoms with Gasteiger partial charge in [-0.25, -0.2) is 0 Å². The number of hydrogen-bond donors (Lipinski definition) is 2. The number of aliphatic carboxylic acids is 1. The number of likely N-dealkylation sites (tertiary alicyclic amines) is 1. The van der Waals surface area contributed by atoms with Crippen LogP contribution in [0.1, 0.15) is 16.8 Å². The van der Waals surface area contributed by atoms with Gasteiger partial charge in [0.25, 0.3) is 5.91 Å². The normalized spacial score (nSPS) is 22.2. The summed E-state index contributed by atoms with van der Waals surface area (Å²) >= 11 is 17.7. The number of amides is 1. The first-order valence-corrected chi connectivity index (χ1v) is 7.29. The van der Waals surface area contributed by atoms with Crippen LogP contribution in [-0.4, -0.2) is 46.2 Å². The second kappa shape index (κ2) is 6.40. The van der Waals surface area contributed by atoms with Crippen LogP contribution in [0.5, 0.6) is 0 Å². The van der Waals surface area contributed by atoms with E-state index in [4.69, 9.17) is 39.9 Å². The largest absolute Gasteiger partial charge is 0.481 e. The van der Waals surface area contributed by atoms with E-state index < -0.39 is 23.9 Å². The Morgan fingerprint density at radius 2 is 1.90 bits per heavy atom. The van der Waals surface area contributed by atoms with Gasteiger partial charge in [0.1, 0.15) is 0 Å². The van der Waals surface area contributed by atoms with Gasteiger partial charge >= 0.3 is 5.97 Å². The number of aliphatic hydroxyl groups is 1. The fourth-order valence-electron chi connectivity index (χ4n) is 2.29. The summed E-state index contributed by atoms with van der Waals surface area (Å²) in [7, 11) is 0. The third-order valence-electron chi connectivity index (χ3n) is 3.41. The lowest BCUT2D eigenvalue weighted by Gasteiger charge is -2.34. The maximum Gasteiger partial charge on any atom is 0.309 e. The molecule has 0 aromatic heterocycles. The first kappa shape index (κ1) is 16.4. The van der Waals surface area contributed by atoms with Gasteiger partial charge in [0.05, 0.1) is 27.6 Å². The lowest BCUT2D eigenvalue weighted by molar-refractivity contribution is -0.148. The van der Waals surface area contributed by atoms with Crippen LogP contribution in [0.4, 0.5) is 0 Å². The van der Waals surface area contributed by atoms with Crippen molar-refractivity contribution < 1.29 is 19.8 Å². The molecule has 114 valence electrons. The van der Waals surface area contributed by atoms with E-state index in [1.165, 1.54) is 17.0 Å². The number of carbonyl (C=O) groups is 2. The first-order chi connectivity index (χ1) is 9.81. The van der Waals surface area contributed by atoms with Crippen molar-refractivity contribution in [2.24, 2.45) is 5.92 Å². The highest BCUT2D eigenvalue weighted by Gasteiger charge is 2.35. The molecule has 2 N–H and O–H groups in total. The fraction of sp³-hybridized carbons (Fsp3) is 0.385. The SMILES string of the molecule is O=C(O)[C@H]1CCN(C(=O)c2cc(Cl)cc(Cl)c2Cl)C[C@H]1O. The highest BCUT2D eigenvalue weighted by atomic mass is 35.5. The molecule has 2 rings (SSSR count). The number of carbonyl (C=O) groups excluding carboxylic acids is 1. The standard InChI is InChI=1S/C13H12Cl3NO4/c14-6-3-8(11(16)9(15)4-6)12(19)17-2-1-7(13(20)21)10(18)5-17/h3-4,7,10,18H,1-2,5H2,(H,20,21)/t7-,10+/m0/s1. The molecule has 1 amide bonds. The predicted octanol–water partition coefficient (Wildman–Crippen LogP) is 2.55. The molecule has 0 bridgehead atoms. The second-order valence-electron chi connectivity index (χ2n) is 4.80. The number of rotatable bonds is 2. The molecule has 0 saturated carbocycles. The van der Waals surface area contributed by atoms with E-state index in [2.05, 4.69) is 0 Å². The molecular formula is C13H12Cl3NO4. The van der Waals surface area contributed by atoms with Crippen molar-refractivity contribution >= 4 is 46.7 Å². The number of hydrogen-bond acceptors (Lipinski definition) is 3. The smallest absolute Gasteiger partial charge is 0.309 e. The van der Waals surface area contributed by atoms with Crippen LogP contribution in [0, 0.1) is 5.92 Å². The van der Waals surface area contributed by atoms with Gasteiger partial charge in [-0.2, -0.15) is 0 Å². The Hall–Kier alpha value is -1.01. The van der Waals surface area contributed by atoms with Crippen molar-refractivity contribution in [1.82, 2.24) is 4.90 Å².